The Hall–Kier alpha value is -3.43. The fourth-order valence-electron chi connectivity index (χ4n) is 3.37. The second-order valence-electron chi connectivity index (χ2n) is 7.04. The predicted octanol–water partition coefficient (Wildman–Crippen LogP) is 4.76. The standard InChI is InChI=1S/C23H16BrN5O2S/c24-15-6-9-17(10-7-15)29-22(31)18-3-1-2-4-19(18)27-23(29)32-13-21(30)26-16-8-5-14-12-25-28-20(14)11-16/h1-12H,13H2,(H,25,28)(H,26,30). The molecule has 2 N–H and O–H groups in total. The van der Waals surface area contributed by atoms with E-state index in [1.165, 1.54) is 11.8 Å². The lowest BCUT2D eigenvalue weighted by Gasteiger charge is -2.13. The fourth-order valence-corrected chi connectivity index (χ4v) is 4.45. The van der Waals surface area contributed by atoms with Gasteiger partial charge < -0.3 is 5.32 Å². The summed E-state index contributed by atoms with van der Waals surface area (Å²) in [6.07, 6.45) is 1.73. The molecule has 0 aliphatic heterocycles. The topological polar surface area (TPSA) is 92.7 Å². The van der Waals surface area contributed by atoms with Crippen LogP contribution in [0.15, 0.2) is 87.4 Å². The Balaban J connectivity index is 1.44. The summed E-state index contributed by atoms with van der Waals surface area (Å²) in [6, 6.07) is 20.2. The largest absolute Gasteiger partial charge is 0.325 e. The summed E-state index contributed by atoms with van der Waals surface area (Å²) in [5.41, 5.74) is 2.62. The highest BCUT2D eigenvalue weighted by molar-refractivity contribution is 9.10. The molecule has 2 aromatic heterocycles. The van der Waals surface area contributed by atoms with E-state index in [1.807, 2.05) is 54.6 Å². The Kier molecular flexibility index (Phi) is 5.50. The van der Waals surface area contributed by atoms with Crippen molar-refractivity contribution >= 4 is 61.1 Å². The van der Waals surface area contributed by atoms with Crippen LogP contribution in [0.1, 0.15) is 0 Å². The SMILES string of the molecule is O=C(CSc1nc2ccccc2c(=O)n1-c1ccc(Br)cc1)Nc1ccc2cn[nH]c2c1. The molecule has 1 amide bonds. The Morgan fingerprint density at radius 2 is 1.91 bits per heavy atom. The van der Waals surface area contributed by atoms with Gasteiger partial charge in [-0.1, -0.05) is 39.8 Å². The van der Waals surface area contributed by atoms with Crippen LogP contribution >= 0.6 is 27.7 Å². The quantitative estimate of drug-likeness (QED) is 0.265. The van der Waals surface area contributed by atoms with E-state index in [2.05, 4.69) is 36.4 Å². The number of aromatic amines is 1. The molecule has 2 heterocycles. The Bertz CT molecular complexity index is 1510. The van der Waals surface area contributed by atoms with Crippen molar-refractivity contribution in [1.82, 2.24) is 19.7 Å². The highest BCUT2D eigenvalue weighted by Gasteiger charge is 2.15. The number of thioether (sulfide) groups is 1. The van der Waals surface area contributed by atoms with E-state index in [4.69, 9.17) is 0 Å². The van der Waals surface area contributed by atoms with Crippen LogP contribution in [-0.2, 0) is 4.79 Å². The number of aromatic nitrogens is 4. The first kappa shape index (κ1) is 20.5. The molecule has 0 atom stereocenters. The lowest BCUT2D eigenvalue weighted by atomic mass is 10.2. The normalized spacial score (nSPS) is 11.2. The van der Waals surface area contributed by atoms with Gasteiger partial charge in [-0.25, -0.2) is 4.98 Å². The number of H-pyrrole nitrogens is 1. The number of benzene rings is 3. The number of amides is 1. The summed E-state index contributed by atoms with van der Waals surface area (Å²) in [7, 11) is 0. The average Bonchev–Trinajstić information content (AvgIpc) is 3.27. The second kappa shape index (κ2) is 8.60. The number of carbonyl (C=O) groups excluding carboxylic acids is 1. The van der Waals surface area contributed by atoms with Crippen molar-refractivity contribution in [2.24, 2.45) is 0 Å². The third-order valence-corrected chi connectivity index (χ3v) is 6.36. The van der Waals surface area contributed by atoms with Crippen molar-refractivity contribution in [3.05, 3.63) is 87.8 Å². The van der Waals surface area contributed by atoms with Gasteiger partial charge in [-0.05, 0) is 54.6 Å². The van der Waals surface area contributed by atoms with Gasteiger partial charge in [0.25, 0.3) is 5.56 Å². The maximum absolute atomic E-state index is 13.3. The summed E-state index contributed by atoms with van der Waals surface area (Å²) >= 11 is 4.64. The summed E-state index contributed by atoms with van der Waals surface area (Å²) in [5.74, 6) is -0.0962. The van der Waals surface area contributed by atoms with Crippen molar-refractivity contribution in [2.45, 2.75) is 5.16 Å². The van der Waals surface area contributed by atoms with Crippen molar-refractivity contribution < 1.29 is 4.79 Å². The zero-order chi connectivity index (χ0) is 22.1. The Morgan fingerprint density at radius 1 is 1.09 bits per heavy atom. The van der Waals surface area contributed by atoms with Crippen LogP contribution in [0.25, 0.3) is 27.5 Å². The average molecular weight is 506 g/mol. The van der Waals surface area contributed by atoms with Gasteiger partial charge in [0.05, 0.1) is 34.1 Å². The molecule has 0 bridgehead atoms. The smallest absolute Gasteiger partial charge is 0.266 e. The van der Waals surface area contributed by atoms with Crippen LogP contribution in [0.3, 0.4) is 0 Å². The van der Waals surface area contributed by atoms with Crippen LogP contribution in [0, 0.1) is 0 Å². The molecule has 3 aromatic carbocycles. The van der Waals surface area contributed by atoms with Gasteiger partial charge in [-0.2, -0.15) is 5.10 Å². The molecule has 0 fully saturated rings. The molecule has 0 aliphatic rings. The maximum Gasteiger partial charge on any atom is 0.266 e. The minimum Gasteiger partial charge on any atom is -0.325 e. The molecule has 0 aliphatic carbocycles. The third kappa shape index (κ3) is 4.04. The molecule has 0 saturated heterocycles. The highest BCUT2D eigenvalue weighted by atomic mass is 79.9. The fraction of sp³-hybridized carbons (Fsp3) is 0.0435. The van der Waals surface area contributed by atoms with Gasteiger partial charge in [0.2, 0.25) is 5.91 Å². The number of hydrogen-bond acceptors (Lipinski definition) is 5. The minimum atomic E-state index is -0.196. The molecule has 5 rings (SSSR count). The van der Waals surface area contributed by atoms with Crippen LogP contribution in [0.2, 0.25) is 0 Å². The zero-order valence-electron chi connectivity index (χ0n) is 16.6. The lowest BCUT2D eigenvalue weighted by Crippen LogP contribution is -2.23. The molecule has 0 saturated carbocycles. The number of halogens is 1. The summed E-state index contributed by atoms with van der Waals surface area (Å²) < 4.78 is 2.45. The number of carbonyl (C=O) groups is 1. The van der Waals surface area contributed by atoms with Crippen molar-refractivity contribution in [1.29, 1.82) is 0 Å². The molecule has 158 valence electrons. The molecule has 9 heteroatoms. The lowest BCUT2D eigenvalue weighted by molar-refractivity contribution is -0.113. The number of nitrogens with zero attached hydrogens (tertiary/aromatic N) is 3. The van der Waals surface area contributed by atoms with E-state index >= 15 is 0 Å². The van der Waals surface area contributed by atoms with Crippen molar-refractivity contribution in [3.8, 4) is 5.69 Å². The minimum absolute atomic E-state index is 0.0995. The summed E-state index contributed by atoms with van der Waals surface area (Å²) in [4.78, 5) is 30.5. The predicted molar refractivity (Wildman–Crippen MR) is 130 cm³/mol. The first-order valence-electron chi connectivity index (χ1n) is 9.72. The summed E-state index contributed by atoms with van der Waals surface area (Å²) in [6.45, 7) is 0. The van der Waals surface area contributed by atoms with Gasteiger partial charge >= 0.3 is 0 Å². The van der Waals surface area contributed by atoms with Crippen LogP contribution in [0.5, 0.6) is 0 Å². The zero-order valence-corrected chi connectivity index (χ0v) is 19.0. The van der Waals surface area contributed by atoms with Gasteiger partial charge in [0.1, 0.15) is 0 Å². The summed E-state index contributed by atoms with van der Waals surface area (Å²) in [5, 5.41) is 11.7. The monoisotopic (exact) mass is 505 g/mol. The molecular formula is C23H16BrN5O2S. The molecule has 0 spiro atoms. The number of para-hydroxylation sites is 1. The Labute approximate surface area is 195 Å². The molecule has 0 radical (unpaired) electrons. The van der Waals surface area contributed by atoms with Gasteiger partial charge in [-0.15, -0.1) is 0 Å². The third-order valence-electron chi connectivity index (χ3n) is 4.89. The highest BCUT2D eigenvalue weighted by Crippen LogP contribution is 2.23. The first-order chi connectivity index (χ1) is 15.6. The van der Waals surface area contributed by atoms with Crippen LogP contribution in [0.4, 0.5) is 5.69 Å². The van der Waals surface area contributed by atoms with E-state index in [0.717, 1.165) is 15.4 Å². The number of fused-ring (bicyclic) bond motifs is 2. The Morgan fingerprint density at radius 3 is 2.75 bits per heavy atom. The van der Waals surface area contributed by atoms with E-state index in [-0.39, 0.29) is 17.2 Å². The maximum atomic E-state index is 13.3. The van der Waals surface area contributed by atoms with E-state index in [0.29, 0.717) is 27.4 Å². The van der Waals surface area contributed by atoms with Gasteiger partial charge in [-0.3, -0.25) is 19.3 Å². The number of rotatable bonds is 5. The van der Waals surface area contributed by atoms with Gasteiger partial charge in [0, 0.05) is 15.5 Å². The molecule has 5 aromatic rings. The van der Waals surface area contributed by atoms with Crippen LogP contribution in [-0.4, -0.2) is 31.4 Å². The van der Waals surface area contributed by atoms with E-state index in [9.17, 15) is 9.59 Å². The van der Waals surface area contributed by atoms with Crippen molar-refractivity contribution in [2.75, 3.05) is 11.1 Å². The first-order valence-corrected chi connectivity index (χ1v) is 11.5. The molecule has 7 nitrogen and oxygen atoms in total. The molecular weight excluding hydrogens is 490 g/mol. The molecule has 32 heavy (non-hydrogen) atoms. The van der Waals surface area contributed by atoms with Gasteiger partial charge in [0.15, 0.2) is 5.16 Å². The number of anilines is 1. The van der Waals surface area contributed by atoms with E-state index in [1.54, 1.807) is 22.9 Å². The van der Waals surface area contributed by atoms with E-state index < -0.39 is 0 Å². The number of nitrogens with one attached hydrogen (secondary N) is 2. The van der Waals surface area contributed by atoms with Crippen LogP contribution < -0.4 is 10.9 Å². The second-order valence-corrected chi connectivity index (χ2v) is 8.90. The van der Waals surface area contributed by atoms with Crippen molar-refractivity contribution in [3.63, 3.8) is 0 Å². The number of hydrogen-bond donors (Lipinski definition) is 2. The molecule has 0 unspecified atom stereocenters.